The van der Waals surface area contributed by atoms with E-state index in [0.29, 0.717) is 25.6 Å². The van der Waals surface area contributed by atoms with Gasteiger partial charge in [0, 0.05) is 32.5 Å². The van der Waals surface area contributed by atoms with Gasteiger partial charge in [0.15, 0.2) is 0 Å². The topological polar surface area (TPSA) is 77.7 Å². The largest absolute Gasteiger partial charge is 0.439 e. The number of pyridine rings is 1. The lowest BCUT2D eigenvalue weighted by Gasteiger charge is -2.26. The fourth-order valence-electron chi connectivity index (χ4n) is 4.26. The van der Waals surface area contributed by atoms with E-state index < -0.39 is 0 Å². The number of allylic oxidation sites excluding steroid dienone is 4. The number of likely N-dealkylation sites (tertiary alicyclic amines) is 1. The third-order valence-corrected chi connectivity index (χ3v) is 6.35. The number of urea groups is 1. The summed E-state index contributed by atoms with van der Waals surface area (Å²) in [5.74, 6) is 2.24. The van der Waals surface area contributed by atoms with Gasteiger partial charge in [-0.1, -0.05) is 42.0 Å². The molecule has 1 aliphatic heterocycles. The van der Waals surface area contributed by atoms with Gasteiger partial charge in [0.1, 0.15) is 5.75 Å². The number of hydrogen-bond donors (Lipinski definition) is 1. The van der Waals surface area contributed by atoms with Crippen molar-refractivity contribution in [2.75, 3.05) is 20.2 Å². The quantitative estimate of drug-likeness (QED) is 0.538. The van der Waals surface area contributed by atoms with Crippen molar-refractivity contribution < 1.29 is 14.3 Å². The van der Waals surface area contributed by atoms with Crippen LogP contribution >= 0.6 is 0 Å². The molecular weight excluding hydrogens is 438 g/mol. The molecule has 0 unspecified atom stereocenters. The zero-order valence-electron chi connectivity index (χ0n) is 20.5. The summed E-state index contributed by atoms with van der Waals surface area (Å²) in [5, 5.41) is 0. The van der Waals surface area contributed by atoms with Crippen molar-refractivity contribution in [2.45, 2.75) is 45.1 Å². The van der Waals surface area contributed by atoms with E-state index in [-0.39, 0.29) is 6.03 Å². The van der Waals surface area contributed by atoms with Gasteiger partial charge in [-0.05, 0) is 79.3 Å². The van der Waals surface area contributed by atoms with Crippen molar-refractivity contribution in [2.24, 2.45) is 11.7 Å². The van der Waals surface area contributed by atoms with Crippen LogP contribution in [0.4, 0.5) is 4.79 Å². The Morgan fingerprint density at radius 1 is 1.17 bits per heavy atom. The van der Waals surface area contributed by atoms with E-state index in [1.54, 1.807) is 23.8 Å². The average molecular weight is 474 g/mol. The Morgan fingerprint density at radius 2 is 2.00 bits per heavy atom. The maximum absolute atomic E-state index is 11.2. The van der Waals surface area contributed by atoms with Crippen LogP contribution in [0.15, 0.2) is 72.0 Å². The van der Waals surface area contributed by atoms with Crippen LogP contribution in [0.2, 0.25) is 0 Å². The van der Waals surface area contributed by atoms with Crippen LogP contribution in [-0.4, -0.2) is 36.1 Å². The van der Waals surface area contributed by atoms with Gasteiger partial charge in [-0.25, -0.2) is 9.78 Å². The molecular formula is C29H35N3O3. The summed E-state index contributed by atoms with van der Waals surface area (Å²) in [4.78, 5) is 17.2. The second-order valence-electron chi connectivity index (χ2n) is 9.20. The first-order valence-electron chi connectivity index (χ1n) is 12.4. The molecule has 184 valence electrons. The van der Waals surface area contributed by atoms with Crippen molar-refractivity contribution in [1.29, 1.82) is 0 Å². The number of rotatable bonds is 6. The molecule has 2 fully saturated rings. The summed E-state index contributed by atoms with van der Waals surface area (Å²) < 4.78 is 10.9. The van der Waals surface area contributed by atoms with Crippen LogP contribution in [0, 0.1) is 5.92 Å². The molecule has 0 radical (unpaired) electrons. The summed E-state index contributed by atoms with van der Waals surface area (Å²) in [6, 6.07) is 11.3. The first kappa shape index (κ1) is 24.7. The van der Waals surface area contributed by atoms with Gasteiger partial charge in [-0.3, -0.25) is 0 Å². The summed E-state index contributed by atoms with van der Waals surface area (Å²) >= 11 is 0. The maximum atomic E-state index is 11.2. The molecule has 6 heteroatoms. The number of primary amides is 1. The van der Waals surface area contributed by atoms with Gasteiger partial charge in [0.05, 0.1) is 6.61 Å². The Kier molecular flexibility index (Phi) is 8.74. The predicted octanol–water partition coefficient (Wildman–Crippen LogP) is 6.25. The van der Waals surface area contributed by atoms with Crippen molar-refractivity contribution in [3.05, 3.63) is 83.1 Å². The van der Waals surface area contributed by atoms with E-state index in [0.717, 1.165) is 35.6 Å². The smallest absolute Gasteiger partial charge is 0.314 e. The number of benzene rings is 1. The Labute approximate surface area is 208 Å². The number of hydrogen-bond acceptors (Lipinski definition) is 4. The number of ether oxygens (including phenoxy) is 2. The van der Waals surface area contributed by atoms with Crippen LogP contribution in [0.5, 0.6) is 11.6 Å². The zero-order chi connectivity index (χ0) is 24.5. The van der Waals surface area contributed by atoms with E-state index in [2.05, 4.69) is 29.3 Å². The molecule has 0 spiro atoms. The molecule has 2 heterocycles. The Morgan fingerprint density at radius 3 is 2.63 bits per heavy atom. The standard InChI is InChI=1S/C20H23N3O3.C9H12/c1-25-14-17-5-6-19(22-13-17)26-18-4-2-3-16(12-18)11-15-7-9-23(10-8-15)20(21)24;1-2-4-8(5-3-1)9-6-7-9/h2-6,11-13H,7-10,14H2,1H3,(H2,21,24);2,4-5,9H,1,3,6-7H2. The van der Waals surface area contributed by atoms with Crippen molar-refractivity contribution in [3.8, 4) is 11.6 Å². The highest BCUT2D eigenvalue weighted by Crippen LogP contribution is 2.38. The number of nitrogens with two attached hydrogens (primary N) is 1. The Balaban J connectivity index is 0.000000266. The summed E-state index contributed by atoms with van der Waals surface area (Å²) in [7, 11) is 1.65. The number of piperidine rings is 1. The molecule has 0 atom stereocenters. The minimum atomic E-state index is -0.344. The number of amides is 2. The molecule has 1 aromatic heterocycles. The fourth-order valence-corrected chi connectivity index (χ4v) is 4.26. The van der Waals surface area contributed by atoms with Gasteiger partial charge in [0.2, 0.25) is 5.88 Å². The third kappa shape index (κ3) is 7.82. The molecule has 5 rings (SSSR count). The number of methoxy groups -OCH3 is 1. The summed E-state index contributed by atoms with van der Waals surface area (Å²) in [6.07, 6.45) is 18.0. The van der Waals surface area contributed by atoms with Gasteiger partial charge in [-0.15, -0.1) is 0 Å². The summed E-state index contributed by atoms with van der Waals surface area (Å²) in [5.41, 5.74) is 10.3. The van der Waals surface area contributed by atoms with Crippen LogP contribution in [0.3, 0.4) is 0 Å². The molecule has 35 heavy (non-hydrogen) atoms. The molecule has 1 aromatic carbocycles. The van der Waals surface area contributed by atoms with E-state index >= 15 is 0 Å². The van der Waals surface area contributed by atoms with E-state index in [1.807, 2.05) is 36.4 Å². The molecule has 2 N–H and O–H groups in total. The second kappa shape index (κ2) is 12.4. The van der Waals surface area contributed by atoms with Gasteiger partial charge >= 0.3 is 6.03 Å². The van der Waals surface area contributed by atoms with Gasteiger partial charge in [0.25, 0.3) is 0 Å². The molecule has 3 aliphatic rings. The molecule has 2 aliphatic carbocycles. The van der Waals surface area contributed by atoms with Crippen molar-refractivity contribution in [3.63, 3.8) is 0 Å². The van der Waals surface area contributed by atoms with Crippen molar-refractivity contribution >= 4 is 12.1 Å². The maximum Gasteiger partial charge on any atom is 0.314 e. The van der Waals surface area contributed by atoms with Crippen LogP contribution in [0.1, 0.15) is 49.7 Å². The molecule has 2 aromatic rings. The lowest BCUT2D eigenvalue weighted by Crippen LogP contribution is -2.39. The number of carbonyl (C=O) groups is 1. The lowest BCUT2D eigenvalue weighted by atomic mass is 10.0. The fraction of sp³-hybridized carbons (Fsp3) is 0.379. The average Bonchev–Trinajstić information content (AvgIpc) is 3.73. The minimum absolute atomic E-state index is 0.344. The van der Waals surface area contributed by atoms with E-state index in [4.69, 9.17) is 15.2 Å². The molecule has 2 amide bonds. The summed E-state index contributed by atoms with van der Waals surface area (Å²) in [6.45, 7) is 1.88. The lowest BCUT2D eigenvalue weighted by molar-refractivity contribution is 0.184. The Hall–Kier alpha value is -3.38. The number of aromatic nitrogens is 1. The SMILES string of the molecule is C1=CC(C2CC2)=CCC1.COCc1ccc(Oc2cccc(C=C3CCN(C(N)=O)CC3)c2)nc1. The minimum Gasteiger partial charge on any atom is -0.439 e. The predicted molar refractivity (Wildman–Crippen MR) is 139 cm³/mol. The van der Waals surface area contributed by atoms with E-state index in [1.165, 1.54) is 31.3 Å². The second-order valence-corrected chi connectivity index (χ2v) is 9.20. The zero-order valence-corrected chi connectivity index (χ0v) is 20.5. The molecule has 1 saturated heterocycles. The van der Waals surface area contributed by atoms with E-state index in [9.17, 15) is 4.79 Å². The van der Waals surface area contributed by atoms with Crippen LogP contribution in [0.25, 0.3) is 6.08 Å². The first-order chi connectivity index (χ1) is 17.1. The molecule has 0 bridgehead atoms. The highest BCUT2D eigenvalue weighted by molar-refractivity contribution is 5.72. The third-order valence-electron chi connectivity index (χ3n) is 6.35. The molecule has 6 nitrogen and oxygen atoms in total. The van der Waals surface area contributed by atoms with Crippen LogP contribution < -0.4 is 10.5 Å². The van der Waals surface area contributed by atoms with Crippen LogP contribution in [-0.2, 0) is 11.3 Å². The Bertz CT molecular complexity index is 1070. The number of carbonyl (C=O) groups excluding carboxylic acids is 1. The first-order valence-corrected chi connectivity index (χ1v) is 12.4. The van der Waals surface area contributed by atoms with Crippen molar-refractivity contribution in [1.82, 2.24) is 9.88 Å². The molecule has 1 saturated carbocycles. The van der Waals surface area contributed by atoms with Gasteiger partial charge < -0.3 is 20.1 Å². The number of nitrogens with zero attached hydrogens (tertiary/aromatic N) is 2. The highest BCUT2D eigenvalue weighted by atomic mass is 16.5. The highest BCUT2D eigenvalue weighted by Gasteiger charge is 2.24. The normalized spacial score (nSPS) is 17.2. The monoisotopic (exact) mass is 473 g/mol. The van der Waals surface area contributed by atoms with Gasteiger partial charge in [-0.2, -0.15) is 0 Å².